The Morgan fingerprint density at radius 3 is 2.62 bits per heavy atom. The molecule has 1 aromatic rings. The maximum Gasteiger partial charge on any atom is 0.225 e. The van der Waals surface area contributed by atoms with Crippen LogP contribution in [-0.4, -0.2) is 25.0 Å². The Morgan fingerprint density at radius 1 is 1.25 bits per heavy atom. The lowest BCUT2D eigenvalue weighted by Crippen LogP contribution is -2.51. The van der Waals surface area contributed by atoms with Crippen molar-refractivity contribution in [2.45, 2.75) is 18.4 Å². The van der Waals surface area contributed by atoms with E-state index < -0.39 is 0 Å². The monoisotopic (exact) mass is 216 g/mol. The quantitative estimate of drug-likeness (QED) is 0.787. The van der Waals surface area contributed by atoms with Gasteiger partial charge in [0.05, 0.1) is 5.92 Å². The summed E-state index contributed by atoms with van der Waals surface area (Å²) in [5.41, 5.74) is 1.35. The second-order valence-electron chi connectivity index (χ2n) is 4.72. The summed E-state index contributed by atoms with van der Waals surface area (Å²) in [5, 5.41) is 6.24. The third kappa shape index (κ3) is 1.83. The van der Waals surface area contributed by atoms with E-state index in [1.807, 2.05) is 6.07 Å². The number of hydrogen-bond donors (Lipinski definition) is 2. The van der Waals surface area contributed by atoms with Gasteiger partial charge >= 0.3 is 0 Å². The molecular weight excluding hydrogens is 200 g/mol. The zero-order valence-electron chi connectivity index (χ0n) is 9.15. The lowest BCUT2D eigenvalue weighted by Gasteiger charge is -2.25. The van der Waals surface area contributed by atoms with E-state index >= 15 is 0 Å². The van der Waals surface area contributed by atoms with E-state index in [0.29, 0.717) is 12.0 Å². The van der Waals surface area contributed by atoms with Crippen molar-refractivity contribution < 1.29 is 4.79 Å². The molecule has 2 atom stereocenters. The molecule has 0 spiro atoms. The normalized spacial score (nSPS) is 28.2. The SMILES string of the molecule is O=C(NC1CC1c1ccccc1)C1CNC1. The molecule has 0 radical (unpaired) electrons. The number of hydrogen-bond acceptors (Lipinski definition) is 2. The molecule has 1 saturated heterocycles. The van der Waals surface area contributed by atoms with E-state index in [9.17, 15) is 4.79 Å². The Hall–Kier alpha value is -1.35. The van der Waals surface area contributed by atoms with Gasteiger partial charge in [0.2, 0.25) is 5.91 Å². The molecule has 1 aromatic carbocycles. The molecule has 16 heavy (non-hydrogen) atoms. The molecular formula is C13H16N2O. The molecule has 1 saturated carbocycles. The largest absolute Gasteiger partial charge is 0.352 e. The van der Waals surface area contributed by atoms with Crippen LogP contribution >= 0.6 is 0 Å². The van der Waals surface area contributed by atoms with E-state index in [1.165, 1.54) is 5.56 Å². The van der Waals surface area contributed by atoms with Gasteiger partial charge in [-0.25, -0.2) is 0 Å². The van der Waals surface area contributed by atoms with Crippen LogP contribution in [0.15, 0.2) is 30.3 Å². The van der Waals surface area contributed by atoms with Crippen LogP contribution in [0, 0.1) is 5.92 Å². The number of carbonyl (C=O) groups excluding carboxylic acids is 1. The van der Waals surface area contributed by atoms with Crippen LogP contribution in [0.25, 0.3) is 0 Å². The summed E-state index contributed by atoms with van der Waals surface area (Å²) >= 11 is 0. The molecule has 1 amide bonds. The van der Waals surface area contributed by atoms with E-state index in [2.05, 4.69) is 34.9 Å². The fraction of sp³-hybridized carbons (Fsp3) is 0.462. The lowest BCUT2D eigenvalue weighted by atomic mass is 10.0. The molecule has 2 fully saturated rings. The van der Waals surface area contributed by atoms with Crippen LogP contribution in [-0.2, 0) is 4.79 Å². The van der Waals surface area contributed by atoms with Crippen LogP contribution in [0.5, 0.6) is 0 Å². The Labute approximate surface area is 95.2 Å². The van der Waals surface area contributed by atoms with Crippen LogP contribution < -0.4 is 10.6 Å². The number of rotatable bonds is 3. The van der Waals surface area contributed by atoms with Crippen LogP contribution in [0.2, 0.25) is 0 Å². The Balaban J connectivity index is 1.54. The second kappa shape index (κ2) is 3.91. The average molecular weight is 216 g/mol. The van der Waals surface area contributed by atoms with Gasteiger partial charge in [0.1, 0.15) is 0 Å². The van der Waals surface area contributed by atoms with E-state index in [-0.39, 0.29) is 11.8 Å². The molecule has 1 aliphatic carbocycles. The number of amides is 1. The lowest BCUT2D eigenvalue weighted by molar-refractivity contribution is -0.126. The summed E-state index contributed by atoms with van der Waals surface area (Å²) in [6.07, 6.45) is 1.09. The zero-order valence-corrected chi connectivity index (χ0v) is 9.15. The van der Waals surface area contributed by atoms with Crippen LogP contribution in [0.4, 0.5) is 0 Å². The Morgan fingerprint density at radius 2 is 2.00 bits per heavy atom. The molecule has 3 nitrogen and oxygen atoms in total. The summed E-state index contributed by atoms with van der Waals surface area (Å²) in [4.78, 5) is 11.7. The topological polar surface area (TPSA) is 41.1 Å². The van der Waals surface area contributed by atoms with Gasteiger partial charge in [0, 0.05) is 25.0 Å². The first-order valence-electron chi connectivity index (χ1n) is 5.90. The number of nitrogens with one attached hydrogen (secondary N) is 2. The average Bonchev–Trinajstić information content (AvgIpc) is 2.96. The molecule has 1 aliphatic heterocycles. The highest BCUT2D eigenvalue weighted by atomic mass is 16.2. The van der Waals surface area contributed by atoms with Crippen molar-refractivity contribution in [1.82, 2.24) is 10.6 Å². The van der Waals surface area contributed by atoms with Gasteiger partial charge in [-0.3, -0.25) is 4.79 Å². The Bertz CT molecular complexity index is 386. The van der Waals surface area contributed by atoms with Crippen LogP contribution in [0.3, 0.4) is 0 Å². The van der Waals surface area contributed by atoms with Crippen molar-refractivity contribution in [3.8, 4) is 0 Å². The first-order valence-corrected chi connectivity index (χ1v) is 5.90. The molecule has 0 bridgehead atoms. The van der Waals surface area contributed by atoms with Gasteiger partial charge in [0.25, 0.3) is 0 Å². The van der Waals surface area contributed by atoms with Crippen molar-refractivity contribution in [3.05, 3.63) is 35.9 Å². The summed E-state index contributed by atoms with van der Waals surface area (Å²) in [5.74, 6) is 0.970. The first-order chi connectivity index (χ1) is 7.84. The predicted molar refractivity (Wildman–Crippen MR) is 62.1 cm³/mol. The fourth-order valence-electron chi connectivity index (χ4n) is 2.20. The molecule has 3 rings (SSSR count). The molecule has 84 valence electrons. The highest BCUT2D eigenvalue weighted by Crippen LogP contribution is 2.40. The van der Waals surface area contributed by atoms with Crippen LogP contribution in [0.1, 0.15) is 17.9 Å². The molecule has 2 N–H and O–H groups in total. The van der Waals surface area contributed by atoms with Crippen molar-refractivity contribution in [1.29, 1.82) is 0 Å². The van der Waals surface area contributed by atoms with Crippen molar-refractivity contribution >= 4 is 5.91 Å². The Kier molecular flexibility index (Phi) is 2.40. The molecule has 3 heteroatoms. The van der Waals surface area contributed by atoms with Gasteiger partial charge in [0.15, 0.2) is 0 Å². The molecule has 2 aliphatic rings. The summed E-state index contributed by atoms with van der Waals surface area (Å²) in [6, 6.07) is 10.8. The standard InChI is InChI=1S/C13H16N2O/c16-13(10-7-14-8-10)15-12-6-11(12)9-4-2-1-3-5-9/h1-5,10-12,14H,6-8H2,(H,15,16). The number of benzene rings is 1. The smallest absolute Gasteiger partial charge is 0.225 e. The van der Waals surface area contributed by atoms with Gasteiger partial charge < -0.3 is 10.6 Å². The van der Waals surface area contributed by atoms with Crippen molar-refractivity contribution in [2.24, 2.45) is 5.92 Å². The highest BCUT2D eigenvalue weighted by molar-refractivity contribution is 5.80. The fourth-order valence-corrected chi connectivity index (χ4v) is 2.20. The zero-order chi connectivity index (χ0) is 11.0. The predicted octanol–water partition coefficient (Wildman–Crippen LogP) is 0.878. The van der Waals surface area contributed by atoms with Crippen molar-refractivity contribution in [2.75, 3.05) is 13.1 Å². The van der Waals surface area contributed by atoms with Gasteiger partial charge in [-0.05, 0) is 12.0 Å². The summed E-state index contributed by atoms with van der Waals surface area (Å²) in [7, 11) is 0. The third-order valence-corrected chi connectivity index (χ3v) is 3.50. The van der Waals surface area contributed by atoms with Gasteiger partial charge in [-0.1, -0.05) is 30.3 Å². The van der Waals surface area contributed by atoms with Crippen molar-refractivity contribution in [3.63, 3.8) is 0 Å². The summed E-state index contributed by atoms with van der Waals surface area (Å²) in [6.45, 7) is 1.68. The third-order valence-electron chi connectivity index (χ3n) is 3.50. The van der Waals surface area contributed by atoms with E-state index in [4.69, 9.17) is 0 Å². The minimum atomic E-state index is 0.206. The summed E-state index contributed by atoms with van der Waals surface area (Å²) < 4.78 is 0. The second-order valence-corrected chi connectivity index (χ2v) is 4.72. The number of carbonyl (C=O) groups is 1. The highest BCUT2D eigenvalue weighted by Gasteiger charge is 2.40. The minimum absolute atomic E-state index is 0.206. The molecule has 1 heterocycles. The van der Waals surface area contributed by atoms with Gasteiger partial charge in [-0.15, -0.1) is 0 Å². The maximum atomic E-state index is 11.7. The maximum absolute atomic E-state index is 11.7. The van der Waals surface area contributed by atoms with E-state index in [1.54, 1.807) is 0 Å². The molecule has 2 unspecified atom stereocenters. The van der Waals surface area contributed by atoms with E-state index in [0.717, 1.165) is 19.5 Å². The molecule has 0 aromatic heterocycles. The van der Waals surface area contributed by atoms with Gasteiger partial charge in [-0.2, -0.15) is 0 Å². The minimum Gasteiger partial charge on any atom is -0.352 e. The first kappa shape index (κ1) is 9.85.